The zero-order valence-electron chi connectivity index (χ0n) is 12.8. The minimum absolute atomic E-state index is 0.240. The smallest absolute Gasteiger partial charge is 0.311 e. The number of carbonyl (C=O) groups excluding carboxylic acids is 2. The largest absolute Gasteiger partial charge is 0.427 e. The van der Waals surface area contributed by atoms with Gasteiger partial charge < -0.3 is 10.1 Å². The minimum Gasteiger partial charge on any atom is -0.427 e. The lowest BCUT2D eigenvalue weighted by atomic mass is 10.2. The van der Waals surface area contributed by atoms with Crippen LogP contribution in [0.4, 0.5) is 5.69 Å². The van der Waals surface area contributed by atoms with Crippen LogP contribution in [0.1, 0.15) is 36.5 Å². The van der Waals surface area contributed by atoms with Crippen LogP contribution in [0.3, 0.4) is 0 Å². The number of amides is 1. The van der Waals surface area contributed by atoms with E-state index in [1.54, 1.807) is 48.5 Å². The highest BCUT2D eigenvalue weighted by Gasteiger charge is 2.08. The minimum atomic E-state index is -0.259. The lowest BCUT2D eigenvalue weighted by Gasteiger charge is -2.07. The number of nitrogens with one attached hydrogen (secondary N) is 1. The maximum absolute atomic E-state index is 12.1. The summed E-state index contributed by atoms with van der Waals surface area (Å²) in [5.74, 6) is -0.0597. The topological polar surface area (TPSA) is 55.4 Å². The third-order valence-electron chi connectivity index (χ3n) is 3.18. The van der Waals surface area contributed by atoms with E-state index in [2.05, 4.69) is 5.32 Å². The standard InChI is InChI=1S/C18H18ClNO3/c1-2-3-4-17(21)23-16-11-5-13(6-12-16)18(22)20-15-9-7-14(19)8-10-15/h5-12H,2-4H2,1H3,(H,20,22). The summed E-state index contributed by atoms with van der Waals surface area (Å²) in [7, 11) is 0. The molecule has 0 aliphatic carbocycles. The lowest BCUT2D eigenvalue weighted by Crippen LogP contribution is -2.12. The molecule has 0 radical (unpaired) electrons. The summed E-state index contributed by atoms with van der Waals surface area (Å²) >= 11 is 5.80. The fourth-order valence-electron chi connectivity index (χ4n) is 1.91. The number of esters is 1. The average molecular weight is 332 g/mol. The highest BCUT2D eigenvalue weighted by atomic mass is 35.5. The summed E-state index contributed by atoms with van der Waals surface area (Å²) in [5.41, 5.74) is 1.14. The van der Waals surface area contributed by atoms with Crippen molar-refractivity contribution in [2.24, 2.45) is 0 Å². The van der Waals surface area contributed by atoms with Crippen molar-refractivity contribution in [1.82, 2.24) is 0 Å². The van der Waals surface area contributed by atoms with E-state index < -0.39 is 0 Å². The van der Waals surface area contributed by atoms with Crippen LogP contribution in [0, 0.1) is 0 Å². The predicted octanol–water partition coefficient (Wildman–Crippen LogP) is 4.69. The Labute approximate surface area is 140 Å². The van der Waals surface area contributed by atoms with Crippen molar-refractivity contribution in [3.05, 3.63) is 59.1 Å². The second-order valence-electron chi connectivity index (χ2n) is 5.06. The number of halogens is 1. The van der Waals surface area contributed by atoms with E-state index in [1.165, 1.54) is 0 Å². The van der Waals surface area contributed by atoms with Crippen molar-refractivity contribution in [3.8, 4) is 5.75 Å². The molecule has 1 N–H and O–H groups in total. The Bertz CT molecular complexity index is 666. The number of hydrogen-bond acceptors (Lipinski definition) is 3. The van der Waals surface area contributed by atoms with Gasteiger partial charge in [-0.1, -0.05) is 24.9 Å². The van der Waals surface area contributed by atoms with Crippen LogP contribution < -0.4 is 10.1 Å². The summed E-state index contributed by atoms with van der Waals surface area (Å²) in [6.07, 6.45) is 2.15. The number of ether oxygens (including phenoxy) is 1. The van der Waals surface area contributed by atoms with E-state index >= 15 is 0 Å². The SMILES string of the molecule is CCCCC(=O)Oc1ccc(C(=O)Nc2ccc(Cl)cc2)cc1. The summed E-state index contributed by atoms with van der Waals surface area (Å²) in [6, 6.07) is 13.3. The van der Waals surface area contributed by atoms with Crippen LogP contribution in [0.25, 0.3) is 0 Å². The first-order valence-corrected chi connectivity index (χ1v) is 7.84. The monoisotopic (exact) mass is 331 g/mol. The van der Waals surface area contributed by atoms with Gasteiger partial charge in [-0.2, -0.15) is 0 Å². The molecule has 2 rings (SSSR count). The predicted molar refractivity (Wildman–Crippen MR) is 91.0 cm³/mol. The van der Waals surface area contributed by atoms with Crippen LogP contribution in [-0.4, -0.2) is 11.9 Å². The van der Waals surface area contributed by atoms with Gasteiger partial charge in [0.25, 0.3) is 5.91 Å². The second kappa shape index (κ2) is 8.34. The van der Waals surface area contributed by atoms with Crippen LogP contribution in [0.5, 0.6) is 5.75 Å². The number of carbonyl (C=O) groups is 2. The molecule has 1 amide bonds. The molecule has 23 heavy (non-hydrogen) atoms. The van der Waals surface area contributed by atoms with Gasteiger partial charge in [-0.3, -0.25) is 9.59 Å². The Balaban J connectivity index is 1.94. The summed E-state index contributed by atoms with van der Waals surface area (Å²) < 4.78 is 5.20. The molecule has 4 nitrogen and oxygen atoms in total. The molecular weight excluding hydrogens is 314 g/mol. The molecule has 0 heterocycles. The fourth-order valence-corrected chi connectivity index (χ4v) is 2.04. The van der Waals surface area contributed by atoms with Crippen molar-refractivity contribution in [1.29, 1.82) is 0 Å². The van der Waals surface area contributed by atoms with Gasteiger partial charge in [-0.15, -0.1) is 0 Å². The number of anilines is 1. The Kier molecular flexibility index (Phi) is 6.18. The Morgan fingerprint density at radius 2 is 1.70 bits per heavy atom. The molecule has 0 saturated carbocycles. The Morgan fingerprint density at radius 3 is 2.30 bits per heavy atom. The van der Waals surface area contributed by atoms with E-state index in [1.807, 2.05) is 6.92 Å². The van der Waals surface area contributed by atoms with Gasteiger partial charge >= 0.3 is 5.97 Å². The van der Waals surface area contributed by atoms with Crippen LogP contribution >= 0.6 is 11.6 Å². The molecule has 0 aliphatic heterocycles. The van der Waals surface area contributed by atoms with Crippen LogP contribution in [0.15, 0.2) is 48.5 Å². The first-order valence-electron chi connectivity index (χ1n) is 7.46. The van der Waals surface area contributed by atoms with Crippen molar-refractivity contribution in [3.63, 3.8) is 0 Å². The lowest BCUT2D eigenvalue weighted by molar-refractivity contribution is -0.134. The first kappa shape index (κ1) is 17.0. The molecule has 0 spiro atoms. The van der Waals surface area contributed by atoms with Gasteiger partial charge in [0.1, 0.15) is 5.75 Å². The molecule has 0 saturated heterocycles. The molecule has 0 aliphatic rings. The van der Waals surface area contributed by atoms with E-state index in [0.717, 1.165) is 12.8 Å². The van der Waals surface area contributed by atoms with E-state index in [0.29, 0.717) is 28.4 Å². The zero-order chi connectivity index (χ0) is 16.7. The third kappa shape index (κ3) is 5.42. The van der Waals surface area contributed by atoms with Gasteiger partial charge in [0.05, 0.1) is 0 Å². The van der Waals surface area contributed by atoms with E-state index in [9.17, 15) is 9.59 Å². The second-order valence-corrected chi connectivity index (χ2v) is 5.50. The number of benzene rings is 2. The molecule has 0 aromatic heterocycles. The molecular formula is C18H18ClNO3. The molecule has 2 aromatic rings. The molecule has 0 bridgehead atoms. The number of rotatable bonds is 6. The van der Waals surface area contributed by atoms with E-state index in [4.69, 9.17) is 16.3 Å². The first-order chi connectivity index (χ1) is 11.1. The van der Waals surface area contributed by atoms with Crippen LogP contribution in [-0.2, 0) is 4.79 Å². The molecule has 0 unspecified atom stereocenters. The fraction of sp³-hybridized carbons (Fsp3) is 0.222. The zero-order valence-corrected chi connectivity index (χ0v) is 13.6. The average Bonchev–Trinajstić information content (AvgIpc) is 2.55. The number of hydrogen-bond donors (Lipinski definition) is 1. The normalized spacial score (nSPS) is 10.2. The molecule has 120 valence electrons. The van der Waals surface area contributed by atoms with Gasteiger partial charge in [-0.05, 0) is 55.0 Å². The third-order valence-corrected chi connectivity index (χ3v) is 3.44. The highest BCUT2D eigenvalue weighted by molar-refractivity contribution is 6.30. The number of unbranched alkanes of at least 4 members (excludes halogenated alkanes) is 1. The van der Waals surface area contributed by atoms with Crippen molar-refractivity contribution < 1.29 is 14.3 Å². The highest BCUT2D eigenvalue weighted by Crippen LogP contribution is 2.17. The van der Waals surface area contributed by atoms with Gasteiger partial charge in [0.2, 0.25) is 0 Å². The summed E-state index contributed by atoms with van der Waals surface area (Å²) in [5, 5.41) is 3.38. The van der Waals surface area contributed by atoms with Crippen molar-refractivity contribution in [2.75, 3.05) is 5.32 Å². The van der Waals surface area contributed by atoms with Crippen molar-refractivity contribution in [2.45, 2.75) is 26.2 Å². The van der Waals surface area contributed by atoms with E-state index in [-0.39, 0.29) is 11.9 Å². The molecule has 0 fully saturated rings. The summed E-state index contributed by atoms with van der Waals surface area (Å²) in [4.78, 5) is 23.7. The molecule has 2 aromatic carbocycles. The molecule has 5 heteroatoms. The Morgan fingerprint density at radius 1 is 1.04 bits per heavy atom. The molecule has 0 atom stereocenters. The maximum atomic E-state index is 12.1. The summed E-state index contributed by atoms with van der Waals surface area (Å²) in [6.45, 7) is 2.02. The quantitative estimate of drug-likeness (QED) is 0.617. The van der Waals surface area contributed by atoms with Gasteiger partial charge in [0, 0.05) is 22.7 Å². The van der Waals surface area contributed by atoms with Crippen molar-refractivity contribution >= 4 is 29.2 Å². The maximum Gasteiger partial charge on any atom is 0.311 e. The van der Waals surface area contributed by atoms with Gasteiger partial charge in [-0.25, -0.2) is 0 Å². The Hall–Kier alpha value is -2.33. The van der Waals surface area contributed by atoms with Gasteiger partial charge in [0.15, 0.2) is 0 Å². The van der Waals surface area contributed by atoms with Crippen LogP contribution in [0.2, 0.25) is 5.02 Å².